The average molecular weight is 360 g/mol. The number of aryl methyl sites for hydroxylation is 1. The van der Waals surface area contributed by atoms with E-state index in [2.05, 4.69) is 0 Å². The Labute approximate surface area is 152 Å². The molecule has 7 nitrogen and oxygen atoms in total. The maximum absolute atomic E-state index is 12.8. The number of ether oxygens (including phenoxy) is 1. The molecule has 2 aliphatic rings. The molecule has 1 atom stereocenters. The number of carbonyl (C=O) groups excluding carboxylic acids is 2. The summed E-state index contributed by atoms with van der Waals surface area (Å²) in [7, 11) is 0. The lowest BCUT2D eigenvalue weighted by Gasteiger charge is -2.39. The minimum absolute atomic E-state index is 0.0823. The number of carboxylic acids is 1. The third-order valence-corrected chi connectivity index (χ3v) is 4.94. The fourth-order valence-corrected chi connectivity index (χ4v) is 3.57. The van der Waals surface area contributed by atoms with E-state index in [0.717, 1.165) is 5.56 Å². The van der Waals surface area contributed by atoms with Gasteiger partial charge in [-0.15, -0.1) is 0 Å². The molecular weight excluding hydrogens is 336 g/mol. The number of fused-ring (bicyclic) bond motifs is 1. The SMILES string of the molecule is Cc1ccc2c(c1)N(CCC(=O)N1CCCC1C(=O)O)C(=O)C(C)(C)O2. The summed E-state index contributed by atoms with van der Waals surface area (Å²) in [6.07, 6.45) is 1.25. The Kier molecular flexibility index (Phi) is 4.64. The summed E-state index contributed by atoms with van der Waals surface area (Å²) in [6.45, 7) is 5.98. The molecule has 2 amide bonds. The van der Waals surface area contributed by atoms with E-state index in [1.54, 1.807) is 18.7 Å². The van der Waals surface area contributed by atoms with Crippen molar-refractivity contribution in [1.82, 2.24) is 4.90 Å². The van der Waals surface area contributed by atoms with E-state index in [9.17, 15) is 19.5 Å². The Balaban J connectivity index is 1.78. The number of rotatable bonds is 4. The predicted octanol–water partition coefficient (Wildman–Crippen LogP) is 1.96. The summed E-state index contributed by atoms with van der Waals surface area (Å²) in [5.41, 5.74) is 0.628. The molecule has 0 spiro atoms. The summed E-state index contributed by atoms with van der Waals surface area (Å²) >= 11 is 0. The Morgan fingerprint density at radius 3 is 2.77 bits per heavy atom. The predicted molar refractivity (Wildman–Crippen MR) is 95.2 cm³/mol. The number of carbonyl (C=O) groups is 3. The van der Waals surface area contributed by atoms with Gasteiger partial charge in [-0.3, -0.25) is 9.59 Å². The van der Waals surface area contributed by atoms with Gasteiger partial charge in [0.25, 0.3) is 5.91 Å². The molecule has 7 heteroatoms. The van der Waals surface area contributed by atoms with Crippen LogP contribution in [0.15, 0.2) is 18.2 Å². The van der Waals surface area contributed by atoms with Gasteiger partial charge in [-0.25, -0.2) is 4.79 Å². The number of likely N-dealkylation sites (tertiary alicyclic amines) is 1. The minimum Gasteiger partial charge on any atom is -0.480 e. The van der Waals surface area contributed by atoms with Crippen LogP contribution in [0.25, 0.3) is 0 Å². The lowest BCUT2D eigenvalue weighted by Crippen LogP contribution is -2.53. The lowest BCUT2D eigenvalue weighted by atomic mass is 10.0. The molecule has 2 heterocycles. The van der Waals surface area contributed by atoms with Gasteiger partial charge in [-0.2, -0.15) is 0 Å². The molecule has 0 bridgehead atoms. The molecule has 0 aliphatic carbocycles. The number of hydrogen-bond acceptors (Lipinski definition) is 4. The van der Waals surface area contributed by atoms with Crippen LogP contribution in [0.4, 0.5) is 5.69 Å². The first kappa shape index (κ1) is 18.2. The Morgan fingerprint density at radius 2 is 2.08 bits per heavy atom. The monoisotopic (exact) mass is 360 g/mol. The smallest absolute Gasteiger partial charge is 0.326 e. The Bertz CT molecular complexity index is 758. The minimum atomic E-state index is -1.01. The van der Waals surface area contributed by atoms with E-state index in [1.165, 1.54) is 4.90 Å². The Hall–Kier alpha value is -2.57. The van der Waals surface area contributed by atoms with Crippen molar-refractivity contribution in [2.75, 3.05) is 18.0 Å². The van der Waals surface area contributed by atoms with Gasteiger partial charge in [0.1, 0.15) is 11.8 Å². The molecule has 1 fully saturated rings. The summed E-state index contributed by atoms with van der Waals surface area (Å²) in [5, 5.41) is 9.25. The van der Waals surface area contributed by atoms with Crippen LogP contribution in [-0.4, -0.2) is 52.5 Å². The van der Waals surface area contributed by atoms with Crippen LogP contribution in [0, 0.1) is 6.92 Å². The fourth-order valence-electron chi connectivity index (χ4n) is 3.57. The molecule has 0 saturated carbocycles. The molecule has 2 aliphatic heterocycles. The maximum Gasteiger partial charge on any atom is 0.326 e. The van der Waals surface area contributed by atoms with Gasteiger partial charge in [-0.05, 0) is 51.3 Å². The van der Waals surface area contributed by atoms with Gasteiger partial charge in [0.15, 0.2) is 5.60 Å². The van der Waals surface area contributed by atoms with Gasteiger partial charge < -0.3 is 19.6 Å². The van der Waals surface area contributed by atoms with Crippen molar-refractivity contribution in [2.45, 2.75) is 51.7 Å². The third kappa shape index (κ3) is 3.25. The molecule has 1 N–H and O–H groups in total. The highest BCUT2D eigenvalue weighted by atomic mass is 16.5. The largest absolute Gasteiger partial charge is 0.480 e. The van der Waals surface area contributed by atoms with Crippen molar-refractivity contribution < 1.29 is 24.2 Å². The second kappa shape index (κ2) is 6.63. The number of nitrogens with zero attached hydrogens (tertiary/aromatic N) is 2. The van der Waals surface area contributed by atoms with Gasteiger partial charge in [0.2, 0.25) is 5.91 Å². The van der Waals surface area contributed by atoms with Crippen LogP contribution in [0.3, 0.4) is 0 Å². The molecule has 140 valence electrons. The maximum atomic E-state index is 12.8. The van der Waals surface area contributed by atoms with E-state index >= 15 is 0 Å². The third-order valence-electron chi connectivity index (χ3n) is 4.94. The molecule has 1 aromatic carbocycles. The fraction of sp³-hybridized carbons (Fsp3) is 0.526. The molecular formula is C19H24N2O5. The summed E-state index contributed by atoms with van der Waals surface area (Å²) < 4.78 is 5.81. The normalized spacial score (nSPS) is 21.3. The van der Waals surface area contributed by atoms with E-state index < -0.39 is 17.6 Å². The van der Waals surface area contributed by atoms with Gasteiger partial charge in [0, 0.05) is 19.5 Å². The van der Waals surface area contributed by atoms with E-state index in [0.29, 0.717) is 30.8 Å². The van der Waals surface area contributed by atoms with Crippen molar-refractivity contribution in [3.63, 3.8) is 0 Å². The molecule has 26 heavy (non-hydrogen) atoms. The summed E-state index contributed by atoms with van der Waals surface area (Å²) in [4.78, 5) is 39.6. The second-order valence-corrected chi connectivity index (χ2v) is 7.37. The average Bonchev–Trinajstić information content (AvgIpc) is 3.06. The molecule has 1 aromatic rings. The second-order valence-electron chi connectivity index (χ2n) is 7.37. The van der Waals surface area contributed by atoms with Crippen molar-refractivity contribution in [3.05, 3.63) is 23.8 Å². The first-order valence-electron chi connectivity index (χ1n) is 8.84. The number of hydrogen-bond donors (Lipinski definition) is 1. The highest BCUT2D eigenvalue weighted by Crippen LogP contribution is 2.38. The quantitative estimate of drug-likeness (QED) is 0.887. The lowest BCUT2D eigenvalue weighted by molar-refractivity contribution is -0.148. The van der Waals surface area contributed by atoms with Gasteiger partial charge in [0.05, 0.1) is 5.69 Å². The number of amides is 2. The van der Waals surface area contributed by atoms with Crippen molar-refractivity contribution in [3.8, 4) is 5.75 Å². The van der Waals surface area contributed by atoms with E-state index in [-0.39, 0.29) is 24.8 Å². The standard InChI is InChI=1S/C19H24N2O5/c1-12-6-7-15-14(11-12)21(18(25)19(2,3)26-15)10-8-16(22)20-9-4-5-13(20)17(23)24/h6-7,11,13H,4-5,8-10H2,1-3H3,(H,23,24). The van der Waals surface area contributed by atoms with Crippen LogP contribution in [-0.2, 0) is 14.4 Å². The summed E-state index contributed by atoms with van der Waals surface area (Å²) in [5.74, 6) is -0.807. The first-order valence-corrected chi connectivity index (χ1v) is 8.84. The van der Waals surface area contributed by atoms with Crippen molar-refractivity contribution in [1.29, 1.82) is 0 Å². The van der Waals surface area contributed by atoms with Crippen LogP contribution < -0.4 is 9.64 Å². The van der Waals surface area contributed by atoms with Crippen LogP contribution in [0.2, 0.25) is 0 Å². The number of carboxylic acid groups (broad SMARTS) is 1. The molecule has 0 radical (unpaired) electrons. The van der Waals surface area contributed by atoms with Crippen molar-refractivity contribution in [2.24, 2.45) is 0 Å². The van der Waals surface area contributed by atoms with E-state index in [1.807, 2.05) is 25.1 Å². The molecule has 0 aromatic heterocycles. The molecule has 3 rings (SSSR count). The summed E-state index contributed by atoms with van der Waals surface area (Å²) in [6, 6.07) is 4.85. The highest BCUT2D eigenvalue weighted by Gasteiger charge is 2.41. The topological polar surface area (TPSA) is 87.2 Å². The highest BCUT2D eigenvalue weighted by molar-refractivity contribution is 6.02. The first-order chi connectivity index (χ1) is 12.2. The van der Waals surface area contributed by atoms with Crippen LogP contribution in [0.1, 0.15) is 38.7 Å². The van der Waals surface area contributed by atoms with Crippen molar-refractivity contribution >= 4 is 23.5 Å². The van der Waals surface area contributed by atoms with Crippen LogP contribution in [0.5, 0.6) is 5.75 Å². The number of aliphatic carboxylic acids is 1. The zero-order chi connectivity index (χ0) is 19.1. The molecule has 1 saturated heterocycles. The van der Waals surface area contributed by atoms with Gasteiger partial charge >= 0.3 is 5.97 Å². The number of anilines is 1. The zero-order valence-corrected chi connectivity index (χ0v) is 15.3. The zero-order valence-electron chi connectivity index (χ0n) is 15.3. The molecule has 1 unspecified atom stereocenters. The number of benzene rings is 1. The van der Waals surface area contributed by atoms with Crippen LogP contribution >= 0.6 is 0 Å². The Morgan fingerprint density at radius 1 is 1.35 bits per heavy atom. The van der Waals surface area contributed by atoms with Gasteiger partial charge in [-0.1, -0.05) is 6.07 Å². The van der Waals surface area contributed by atoms with E-state index in [4.69, 9.17) is 4.74 Å².